The summed E-state index contributed by atoms with van der Waals surface area (Å²) in [6, 6.07) is 7.56. The van der Waals surface area contributed by atoms with Gasteiger partial charge in [-0.2, -0.15) is 0 Å². The Morgan fingerprint density at radius 1 is 1.37 bits per heavy atom. The van der Waals surface area contributed by atoms with E-state index in [9.17, 15) is 9.90 Å². The average Bonchev–Trinajstić information content (AvgIpc) is 2.34. The zero-order chi connectivity index (χ0) is 14.2. The van der Waals surface area contributed by atoms with Gasteiger partial charge >= 0.3 is 0 Å². The topological polar surface area (TPSA) is 43.8 Å². The highest BCUT2D eigenvalue weighted by Gasteiger charge is 2.45. The molecule has 1 aromatic carbocycles. The van der Waals surface area contributed by atoms with Gasteiger partial charge in [0, 0.05) is 25.3 Å². The summed E-state index contributed by atoms with van der Waals surface area (Å²) in [5.41, 5.74) is 0.969. The van der Waals surface area contributed by atoms with Crippen LogP contribution in [0.5, 0.6) is 0 Å². The molecule has 1 N–H and O–H groups in total. The van der Waals surface area contributed by atoms with E-state index < -0.39 is 5.60 Å². The third-order valence-corrected chi connectivity index (χ3v) is 3.90. The maximum absolute atomic E-state index is 12.3. The van der Waals surface area contributed by atoms with E-state index in [2.05, 4.69) is 0 Å². The molecule has 2 rings (SSSR count). The van der Waals surface area contributed by atoms with Crippen LogP contribution in [-0.2, 0) is 0 Å². The number of β-amino-alcohol motifs (C(OH)–C–C–N with tert-alkyl or cyclic N) is 1. The molecular formula is C15H22N2O2. The Morgan fingerprint density at radius 2 is 2.00 bits per heavy atom. The van der Waals surface area contributed by atoms with Crippen LogP contribution < -0.4 is 4.90 Å². The fraction of sp³-hybridized carbons (Fsp3) is 0.533. The molecule has 1 amide bonds. The summed E-state index contributed by atoms with van der Waals surface area (Å²) in [6.07, 6.45) is 0. The third kappa shape index (κ3) is 2.59. The van der Waals surface area contributed by atoms with E-state index in [1.165, 1.54) is 0 Å². The summed E-state index contributed by atoms with van der Waals surface area (Å²) in [6.45, 7) is 4.81. The Morgan fingerprint density at radius 3 is 2.53 bits per heavy atom. The highest BCUT2D eigenvalue weighted by atomic mass is 16.3. The standard InChI is InChI=1S/C15H22N2O2/c1-11(2)15(19)9-17(10-15)14(18)12-6-5-7-13(8-12)16(3)4/h5-8,11,19H,9-10H2,1-4H3. The smallest absolute Gasteiger partial charge is 0.254 e. The van der Waals surface area contributed by atoms with Gasteiger partial charge in [0.1, 0.15) is 5.60 Å². The maximum Gasteiger partial charge on any atom is 0.254 e. The maximum atomic E-state index is 12.3. The second-order valence-corrected chi connectivity index (χ2v) is 5.86. The van der Waals surface area contributed by atoms with Crippen molar-refractivity contribution in [2.45, 2.75) is 19.4 Å². The number of likely N-dealkylation sites (tertiary alicyclic amines) is 1. The lowest BCUT2D eigenvalue weighted by molar-refractivity contribution is -0.110. The minimum absolute atomic E-state index is 0.00553. The summed E-state index contributed by atoms with van der Waals surface area (Å²) < 4.78 is 0. The third-order valence-electron chi connectivity index (χ3n) is 3.90. The predicted octanol–water partition coefficient (Wildman–Crippen LogP) is 1.60. The highest BCUT2D eigenvalue weighted by Crippen LogP contribution is 2.30. The lowest BCUT2D eigenvalue weighted by Crippen LogP contribution is -2.65. The number of hydrogen-bond donors (Lipinski definition) is 1. The molecule has 0 aromatic heterocycles. The molecule has 1 heterocycles. The first-order valence-corrected chi connectivity index (χ1v) is 6.62. The van der Waals surface area contributed by atoms with Gasteiger partial charge in [0.2, 0.25) is 0 Å². The van der Waals surface area contributed by atoms with Gasteiger partial charge in [-0.25, -0.2) is 0 Å². The van der Waals surface area contributed by atoms with Crippen LogP contribution in [-0.4, -0.2) is 48.7 Å². The van der Waals surface area contributed by atoms with Crippen molar-refractivity contribution in [1.82, 2.24) is 4.90 Å². The quantitative estimate of drug-likeness (QED) is 0.899. The van der Waals surface area contributed by atoms with Gasteiger partial charge in [-0.15, -0.1) is 0 Å². The minimum atomic E-state index is -0.713. The number of aliphatic hydroxyl groups is 1. The minimum Gasteiger partial charge on any atom is -0.386 e. The SMILES string of the molecule is CC(C)C1(O)CN(C(=O)c2cccc(N(C)C)c2)C1. The molecule has 0 aliphatic carbocycles. The first-order valence-electron chi connectivity index (χ1n) is 6.62. The molecule has 0 spiro atoms. The Labute approximate surface area is 114 Å². The zero-order valence-corrected chi connectivity index (χ0v) is 12.1. The van der Waals surface area contributed by atoms with Gasteiger partial charge < -0.3 is 14.9 Å². The fourth-order valence-corrected chi connectivity index (χ4v) is 2.22. The summed E-state index contributed by atoms with van der Waals surface area (Å²) in [4.78, 5) is 16.0. The van der Waals surface area contributed by atoms with Crippen molar-refractivity contribution in [3.8, 4) is 0 Å². The Kier molecular flexibility index (Phi) is 3.54. The Bertz CT molecular complexity index is 477. The zero-order valence-electron chi connectivity index (χ0n) is 12.1. The van der Waals surface area contributed by atoms with E-state index in [0.29, 0.717) is 18.7 Å². The van der Waals surface area contributed by atoms with Gasteiger partial charge in [-0.1, -0.05) is 19.9 Å². The molecular weight excluding hydrogens is 240 g/mol. The van der Waals surface area contributed by atoms with Crippen molar-refractivity contribution in [2.24, 2.45) is 5.92 Å². The normalized spacial score (nSPS) is 17.3. The average molecular weight is 262 g/mol. The molecule has 0 atom stereocenters. The highest BCUT2D eigenvalue weighted by molar-refractivity contribution is 5.95. The van der Waals surface area contributed by atoms with Gasteiger partial charge in [0.05, 0.1) is 13.1 Å². The van der Waals surface area contributed by atoms with Gasteiger partial charge in [0.25, 0.3) is 5.91 Å². The number of anilines is 1. The fourth-order valence-electron chi connectivity index (χ4n) is 2.22. The van der Waals surface area contributed by atoms with Crippen LogP contribution in [0.3, 0.4) is 0 Å². The summed E-state index contributed by atoms with van der Waals surface area (Å²) in [7, 11) is 3.90. The van der Waals surface area contributed by atoms with Crippen LogP contribution in [0.2, 0.25) is 0 Å². The molecule has 1 fully saturated rings. The molecule has 0 saturated carbocycles. The van der Waals surface area contributed by atoms with Crippen molar-refractivity contribution in [1.29, 1.82) is 0 Å². The first kappa shape index (κ1) is 13.9. The number of carbonyl (C=O) groups excluding carboxylic acids is 1. The predicted molar refractivity (Wildman–Crippen MR) is 76.5 cm³/mol. The van der Waals surface area contributed by atoms with Crippen molar-refractivity contribution < 1.29 is 9.90 Å². The van der Waals surface area contributed by atoms with Crippen LogP contribution in [0.15, 0.2) is 24.3 Å². The van der Waals surface area contributed by atoms with E-state index in [1.807, 2.05) is 57.1 Å². The molecule has 1 aromatic rings. The first-order chi connectivity index (χ1) is 8.83. The van der Waals surface area contributed by atoms with Gasteiger partial charge in [-0.05, 0) is 24.1 Å². The number of amides is 1. The summed E-state index contributed by atoms with van der Waals surface area (Å²) in [5.74, 6) is 0.165. The van der Waals surface area contributed by atoms with Crippen LogP contribution in [0, 0.1) is 5.92 Å². The van der Waals surface area contributed by atoms with E-state index in [4.69, 9.17) is 0 Å². The lowest BCUT2D eigenvalue weighted by atomic mass is 9.82. The monoisotopic (exact) mass is 262 g/mol. The lowest BCUT2D eigenvalue weighted by Gasteiger charge is -2.49. The van der Waals surface area contributed by atoms with E-state index in [0.717, 1.165) is 5.69 Å². The second-order valence-electron chi connectivity index (χ2n) is 5.86. The Hall–Kier alpha value is -1.55. The number of hydrogen-bond acceptors (Lipinski definition) is 3. The van der Waals surface area contributed by atoms with Crippen molar-refractivity contribution >= 4 is 11.6 Å². The van der Waals surface area contributed by atoms with E-state index >= 15 is 0 Å². The molecule has 19 heavy (non-hydrogen) atoms. The summed E-state index contributed by atoms with van der Waals surface area (Å²) >= 11 is 0. The molecule has 0 radical (unpaired) electrons. The van der Waals surface area contributed by atoms with Crippen LogP contribution in [0.1, 0.15) is 24.2 Å². The summed E-state index contributed by atoms with van der Waals surface area (Å²) in [5, 5.41) is 10.2. The Balaban J connectivity index is 2.08. The van der Waals surface area contributed by atoms with E-state index in [1.54, 1.807) is 4.90 Å². The van der Waals surface area contributed by atoms with Gasteiger partial charge in [0.15, 0.2) is 0 Å². The van der Waals surface area contributed by atoms with Crippen LogP contribution in [0.25, 0.3) is 0 Å². The molecule has 1 aliphatic heterocycles. The molecule has 1 saturated heterocycles. The van der Waals surface area contributed by atoms with Crippen molar-refractivity contribution in [3.63, 3.8) is 0 Å². The molecule has 0 bridgehead atoms. The largest absolute Gasteiger partial charge is 0.386 e. The number of rotatable bonds is 3. The van der Waals surface area contributed by atoms with Crippen molar-refractivity contribution in [2.75, 3.05) is 32.1 Å². The van der Waals surface area contributed by atoms with Crippen molar-refractivity contribution in [3.05, 3.63) is 29.8 Å². The van der Waals surface area contributed by atoms with Crippen LogP contribution in [0.4, 0.5) is 5.69 Å². The van der Waals surface area contributed by atoms with Gasteiger partial charge in [-0.3, -0.25) is 4.79 Å². The number of benzene rings is 1. The van der Waals surface area contributed by atoms with E-state index in [-0.39, 0.29) is 11.8 Å². The van der Waals surface area contributed by atoms with Crippen LogP contribution >= 0.6 is 0 Å². The molecule has 0 unspecified atom stereocenters. The number of nitrogens with zero attached hydrogens (tertiary/aromatic N) is 2. The molecule has 1 aliphatic rings. The second kappa shape index (κ2) is 4.85. The number of carbonyl (C=O) groups is 1. The molecule has 4 nitrogen and oxygen atoms in total. The molecule has 4 heteroatoms. The molecule has 104 valence electrons.